The lowest BCUT2D eigenvalue weighted by Gasteiger charge is -2.50. The zero-order chi connectivity index (χ0) is 32.5. The van der Waals surface area contributed by atoms with Crippen LogP contribution in [0.1, 0.15) is 36.8 Å². The van der Waals surface area contributed by atoms with Crippen molar-refractivity contribution in [1.82, 2.24) is 9.91 Å². The molecule has 46 heavy (non-hydrogen) atoms. The molecule has 11 heteroatoms. The number of likely N-dealkylation sites (tertiary alicyclic amines) is 1. The Morgan fingerprint density at radius 2 is 1.70 bits per heavy atom. The second-order valence-electron chi connectivity index (χ2n) is 12.2. The number of halogens is 2. The second-order valence-corrected chi connectivity index (χ2v) is 12.7. The van der Waals surface area contributed by atoms with Gasteiger partial charge in [-0.25, -0.2) is 4.39 Å². The summed E-state index contributed by atoms with van der Waals surface area (Å²) in [6, 6.07) is 16.8. The molecular weight excluding hydrogens is 613 g/mol. The highest BCUT2D eigenvalue weighted by molar-refractivity contribution is 6.30. The smallest absolute Gasteiger partial charge is 0.260 e. The zero-order valence-electron chi connectivity index (χ0n) is 25.1. The number of imide groups is 2. The molecule has 6 atom stereocenters. The summed E-state index contributed by atoms with van der Waals surface area (Å²) in [5, 5.41) is 12.9. The van der Waals surface area contributed by atoms with Gasteiger partial charge in [0.25, 0.3) is 11.8 Å². The average molecular weight is 644 g/mol. The van der Waals surface area contributed by atoms with Crippen molar-refractivity contribution in [3.63, 3.8) is 0 Å². The highest BCUT2D eigenvalue weighted by Crippen LogP contribution is 2.65. The van der Waals surface area contributed by atoms with Crippen LogP contribution in [0.15, 0.2) is 78.4 Å². The van der Waals surface area contributed by atoms with Gasteiger partial charge in [0.05, 0.1) is 36.0 Å². The van der Waals surface area contributed by atoms with Gasteiger partial charge in [-0.05, 0) is 73.7 Å². The summed E-state index contributed by atoms with van der Waals surface area (Å²) in [5.74, 6) is -5.59. The molecule has 3 fully saturated rings. The first-order chi connectivity index (χ1) is 22.1. The number of phenols is 1. The summed E-state index contributed by atoms with van der Waals surface area (Å²) in [4.78, 5) is 57.9. The summed E-state index contributed by atoms with van der Waals surface area (Å²) in [5.41, 5.74) is 3.26. The number of aromatic hydroxyl groups is 1. The molecule has 4 aliphatic rings. The number of phenolic OH excluding ortho intramolecular Hbond substituents is 1. The number of hydrogen-bond acceptors (Lipinski definition) is 7. The number of benzene rings is 3. The predicted octanol–water partition coefficient (Wildman–Crippen LogP) is 5.20. The van der Waals surface area contributed by atoms with Crippen LogP contribution in [0.3, 0.4) is 0 Å². The van der Waals surface area contributed by atoms with Crippen molar-refractivity contribution < 1.29 is 33.4 Å². The summed E-state index contributed by atoms with van der Waals surface area (Å²) in [6.45, 7) is 1.99. The third-order valence-electron chi connectivity index (χ3n) is 10.2. The normalized spacial score (nSPS) is 28.5. The standard InChI is InChI=1S/C35H31ClFN3O6/c1-3-39-31(42)25-15-14-23-26(29(25)33(39)44)17-27-32(43)40(38-21-10-8-20(37)9-11-21)34(45)35(27,18-4-6-19(36)7-5-18)30(23)24-13-12-22(46-2)16-28(24)41/h4-14,16,25-27,29-30,38,41H,3,15,17H2,1-2H3. The fraction of sp³-hybridized carbons (Fsp3) is 0.314. The number of amides is 4. The van der Waals surface area contributed by atoms with E-state index in [2.05, 4.69) is 5.43 Å². The molecule has 2 N–H and O–H groups in total. The minimum absolute atomic E-state index is 0.117. The molecule has 0 spiro atoms. The van der Waals surface area contributed by atoms with Gasteiger partial charge >= 0.3 is 0 Å². The topological polar surface area (TPSA) is 116 Å². The Kier molecular flexibility index (Phi) is 7.15. The quantitative estimate of drug-likeness (QED) is 0.280. The van der Waals surface area contributed by atoms with Gasteiger partial charge in [-0.15, -0.1) is 0 Å². The van der Waals surface area contributed by atoms with Gasteiger partial charge in [0.2, 0.25) is 11.8 Å². The molecular formula is C35H31ClFN3O6. The molecule has 6 unspecified atom stereocenters. The fourth-order valence-corrected chi connectivity index (χ4v) is 8.40. The number of hydrazine groups is 1. The number of fused-ring (bicyclic) bond motifs is 4. The molecule has 3 aromatic rings. The summed E-state index contributed by atoms with van der Waals surface area (Å²) >= 11 is 6.30. The zero-order valence-corrected chi connectivity index (χ0v) is 25.8. The molecule has 2 saturated heterocycles. The van der Waals surface area contributed by atoms with Crippen LogP contribution in [0.4, 0.5) is 10.1 Å². The van der Waals surface area contributed by atoms with Crippen LogP contribution in [0.2, 0.25) is 5.02 Å². The molecule has 1 saturated carbocycles. The Labute approximate surface area is 269 Å². The molecule has 0 aromatic heterocycles. The first-order valence-corrected chi connectivity index (χ1v) is 15.6. The van der Waals surface area contributed by atoms with E-state index in [1.165, 1.54) is 42.3 Å². The van der Waals surface area contributed by atoms with Crippen LogP contribution in [0.25, 0.3) is 0 Å². The van der Waals surface area contributed by atoms with Crippen molar-refractivity contribution in [1.29, 1.82) is 0 Å². The van der Waals surface area contributed by atoms with Gasteiger partial charge in [0.1, 0.15) is 17.3 Å². The Morgan fingerprint density at radius 3 is 2.35 bits per heavy atom. The third kappa shape index (κ3) is 4.19. The largest absolute Gasteiger partial charge is 0.508 e. The highest BCUT2D eigenvalue weighted by atomic mass is 35.5. The van der Waals surface area contributed by atoms with Crippen LogP contribution >= 0.6 is 11.6 Å². The minimum atomic E-state index is -1.58. The van der Waals surface area contributed by atoms with E-state index in [0.29, 0.717) is 27.6 Å². The van der Waals surface area contributed by atoms with E-state index in [1.807, 2.05) is 6.08 Å². The van der Waals surface area contributed by atoms with Crippen molar-refractivity contribution >= 4 is 40.9 Å². The fourth-order valence-electron chi connectivity index (χ4n) is 8.27. The lowest BCUT2D eigenvalue weighted by molar-refractivity contribution is -0.141. The van der Waals surface area contributed by atoms with E-state index in [-0.39, 0.29) is 37.0 Å². The van der Waals surface area contributed by atoms with Crippen LogP contribution in [-0.4, -0.2) is 52.3 Å². The Hall–Kier alpha value is -4.70. The Morgan fingerprint density at radius 1 is 0.978 bits per heavy atom. The molecule has 9 nitrogen and oxygen atoms in total. The lowest BCUT2D eigenvalue weighted by atomic mass is 9.49. The molecule has 7 rings (SSSR count). The van der Waals surface area contributed by atoms with Crippen molar-refractivity contribution in [2.75, 3.05) is 19.1 Å². The van der Waals surface area contributed by atoms with Crippen molar-refractivity contribution in [3.8, 4) is 11.5 Å². The Bertz CT molecular complexity index is 1810. The molecule has 4 amide bonds. The number of methoxy groups -OCH3 is 1. The first kappa shape index (κ1) is 30.0. The molecule has 236 valence electrons. The molecule has 0 bridgehead atoms. The van der Waals surface area contributed by atoms with Crippen LogP contribution in [-0.2, 0) is 24.6 Å². The van der Waals surface area contributed by atoms with Crippen LogP contribution < -0.4 is 10.2 Å². The molecule has 0 radical (unpaired) electrons. The number of anilines is 1. The van der Waals surface area contributed by atoms with E-state index in [4.69, 9.17) is 16.3 Å². The first-order valence-electron chi connectivity index (χ1n) is 15.2. The van der Waals surface area contributed by atoms with Crippen molar-refractivity contribution in [2.45, 2.75) is 31.1 Å². The lowest BCUT2D eigenvalue weighted by Crippen LogP contribution is -2.53. The Balaban J connectivity index is 1.47. The molecule has 2 aliphatic carbocycles. The maximum Gasteiger partial charge on any atom is 0.260 e. The highest BCUT2D eigenvalue weighted by Gasteiger charge is 2.70. The maximum absolute atomic E-state index is 15.0. The molecule has 2 heterocycles. The van der Waals surface area contributed by atoms with Gasteiger partial charge in [0.15, 0.2) is 0 Å². The number of ether oxygens (including phenoxy) is 1. The number of nitrogens with zero attached hydrogens (tertiary/aromatic N) is 2. The molecule has 2 aliphatic heterocycles. The van der Waals surface area contributed by atoms with Gasteiger partial charge in [-0.1, -0.05) is 41.4 Å². The van der Waals surface area contributed by atoms with E-state index < -0.39 is 52.6 Å². The van der Waals surface area contributed by atoms with Crippen LogP contribution in [0.5, 0.6) is 11.5 Å². The third-order valence-corrected chi connectivity index (χ3v) is 10.5. The van der Waals surface area contributed by atoms with E-state index in [9.17, 15) is 23.9 Å². The summed E-state index contributed by atoms with van der Waals surface area (Å²) in [7, 11) is 1.47. The van der Waals surface area contributed by atoms with Crippen molar-refractivity contribution in [2.24, 2.45) is 23.7 Å². The molecule has 3 aromatic carbocycles. The minimum Gasteiger partial charge on any atom is -0.508 e. The average Bonchev–Trinajstić information content (AvgIpc) is 3.43. The van der Waals surface area contributed by atoms with Gasteiger partial charge in [0, 0.05) is 29.1 Å². The van der Waals surface area contributed by atoms with Gasteiger partial charge in [-0.3, -0.25) is 29.5 Å². The number of carbonyl (C=O) groups excluding carboxylic acids is 4. The summed E-state index contributed by atoms with van der Waals surface area (Å²) < 4.78 is 19.1. The predicted molar refractivity (Wildman–Crippen MR) is 166 cm³/mol. The number of allylic oxidation sites excluding steroid dienone is 2. The number of hydrogen-bond donors (Lipinski definition) is 2. The van der Waals surface area contributed by atoms with Crippen molar-refractivity contribution in [3.05, 3.63) is 100 Å². The number of rotatable bonds is 6. The van der Waals surface area contributed by atoms with E-state index in [1.54, 1.807) is 43.3 Å². The van der Waals surface area contributed by atoms with Gasteiger partial charge < -0.3 is 9.84 Å². The number of carbonyl (C=O) groups is 4. The second kappa shape index (κ2) is 11.0. The van der Waals surface area contributed by atoms with E-state index >= 15 is 4.79 Å². The van der Waals surface area contributed by atoms with Crippen LogP contribution in [0, 0.1) is 29.5 Å². The maximum atomic E-state index is 15.0. The number of nitrogens with one attached hydrogen (secondary N) is 1. The van der Waals surface area contributed by atoms with Gasteiger partial charge in [-0.2, -0.15) is 5.01 Å². The monoisotopic (exact) mass is 643 g/mol. The summed E-state index contributed by atoms with van der Waals surface area (Å²) in [6.07, 6.45) is 2.32. The van der Waals surface area contributed by atoms with E-state index in [0.717, 1.165) is 10.6 Å². The SMILES string of the molecule is CCN1C(=O)C2CC=C3C(CC4C(=O)N(Nc5ccc(F)cc5)C(=O)C4(c4ccc(Cl)cc4)C3c3ccc(OC)cc3O)C2C1=O.